The molecule has 0 fully saturated rings. The molecular formula is C19H23N3O. The molecule has 0 atom stereocenters. The van der Waals surface area contributed by atoms with Crippen LogP contribution in [0.4, 0.5) is 5.69 Å². The van der Waals surface area contributed by atoms with Crippen molar-refractivity contribution in [1.29, 1.82) is 0 Å². The maximum absolute atomic E-state index is 12.8. The number of carbonyl (C=O) groups excluding carboxylic acids is 1. The molecular weight excluding hydrogens is 286 g/mol. The van der Waals surface area contributed by atoms with Crippen molar-refractivity contribution >= 4 is 11.6 Å². The summed E-state index contributed by atoms with van der Waals surface area (Å²) in [6, 6.07) is 12.1. The molecule has 120 valence electrons. The van der Waals surface area contributed by atoms with Crippen molar-refractivity contribution in [3.8, 4) is 0 Å². The summed E-state index contributed by atoms with van der Waals surface area (Å²) in [7, 11) is 0. The van der Waals surface area contributed by atoms with Crippen molar-refractivity contribution in [2.45, 2.75) is 39.3 Å². The largest absolute Gasteiger partial charge is 0.380 e. The summed E-state index contributed by atoms with van der Waals surface area (Å²) < 4.78 is 0. The van der Waals surface area contributed by atoms with Gasteiger partial charge in [0.15, 0.2) is 0 Å². The van der Waals surface area contributed by atoms with Crippen molar-refractivity contribution in [2.75, 3.05) is 11.9 Å². The first-order valence-electron chi connectivity index (χ1n) is 8.03. The Hall–Kier alpha value is -2.36. The van der Waals surface area contributed by atoms with Crippen molar-refractivity contribution in [1.82, 2.24) is 9.88 Å². The number of pyridine rings is 1. The van der Waals surface area contributed by atoms with Crippen LogP contribution in [0, 0.1) is 0 Å². The third kappa shape index (κ3) is 3.70. The van der Waals surface area contributed by atoms with Crippen LogP contribution in [-0.2, 0) is 13.0 Å². The molecule has 4 nitrogen and oxygen atoms in total. The van der Waals surface area contributed by atoms with Gasteiger partial charge in [-0.05, 0) is 50.5 Å². The van der Waals surface area contributed by atoms with Gasteiger partial charge in [0.25, 0.3) is 5.91 Å². The minimum Gasteiger partial charge on any atom is -0.380 e. The van der Waals surface area contributed by atoms with Crippen LogP contribution in [0.2, 0.25) is 0 Å². The van der Waals surface area contributed by atoms with E-state index in [1.54, 1.807) is 6.20 Å². The summed E-state index contributed by atoms with van der Waals surface area (Å²) in [6.07, 6.45) is 2.60. The molecule has 0 unspecified atom stereocenters. The zero-order chi connectivity index (χ0) is 16.4. The highest BCUT2D eigenvalue weighted by Gasteiger charge is 2.22. The van der Waals surface area contributed by atoms with Crippen molar-refractivity contribution in [3.05, 3.63) is 59.4 Å². The van der Waals surface area contributed by atoms with Gasteiger partial charge in [0.05, 0.1) is 0 Å². The smallest absolute Gasteiger partial charge is 0.272 e. The van der Waals surface area contributed by atoms with Gasteiger partial charge in [0, 0.05) is 30.5 Å². The Balaban J connectivity index is 1.78. The topological polar surface area (TPSA) is 45.2 Å². The van der Waals surface area contributed by atoms with E-state index in [1.807, 2.05) is 23.1 Å². The van der Waals surface area contributed by atoms with Crippen LogP contribution in [0.15, 0.2) is 42.6 Å². The first kappa shape index (κ1) is 15.5. The normalized spacial score (nSPS) is 14.3. The Morgan fingerprint density at radius 3 is 2.65 bits per heavy atom. The van der Waals surface area contributed by atoms with Crippen LogP contribution in [-0.4, -0.2) is 27.9 Å². The zero-order valence-corrected chi connectivity index (χ0v) is 14.0. The van der Waals surface area contributed by atoms with Gasteiger partial charge in [-0.3, -0.25) is 9.78 Å². The van der Waals surface area contributed by atoms with Gasteiger partial charge < -0.3 is 10.2 Å². The molecule has 0 bridgehead atoms. The summed E-state index contributed by atoms with van der Waals surface area (Å²) >= 11 is 0. The van der Waals surface area contributed by atoms with Gasteiger partial charge in [-0.1, -0.05) is 24.3 Å². The molecule has 1 aliphatic rings. The average molecular weight is 309 g/mol. The Labute approximate surface area is 137 Å². The third-order valence-electron chi connectivity index (χ3n) is 3.92. The molecule has 1 aromatic carbocycles. The van der Waals surface area contributed by atoms with E-state index in [9.17, 15) is 4.79 Å². The van der Waals surface area contributed by atoms with Crippen LogP contribution in [0.5, 0.6) is 0 Å². The fourth-order valence-corrected chi connectivity index (χ4v) is 2.89. The Morgan fingerprint density at radius 2 is 1.91 bits per heavy atom. The highest BCUT2D eigenvalue weighted by Crippen LogP contribution is 2.21. The standard InChI is InChI=1S/C19H23N3O/c1-19(2,3)21-16-8-10-20-17(12-16)18(23)22-11-9-14-6-4-5-7-15(14)13-22/h4-8,10,12H,9,11,13H2,1-3H3,(H,20,21). The fourth-order valence-electron chi connectivity index (χ4n) is 2.89. The number of nitrogens with zero attached hydrogens (tertiary/aromatic N) is 2. The lowest BCUT2D eigenvalue weighted by atomic mass is 10.00. The molecule has 1 amide bonds. The molecule has 23 heavy (non-hydrogen) atoms. The van der Waals surface area contributed by atoms with Gasteiger partial charge in [-0.25, -0.2) is 0 Å². The number of carbonyl (C=O) groups is 1. The van der Waals surface area contributed by atoms with Gasteiger partial charge >= 0.3 is 0 Å². The first-order valence-corrected chi connectivity index (χ1v) is 8.03. The van der Waals surface area contributed by atoms with Gasteiger partial charge in [0.2, 0.25) is 0 Å². The number of rotatable bonds is 2. The molecule has 0 saturated carbocycles. The molecule has 0 spiro atoms. The number of aromatic nitrogens is 1. The van der Waals surface area contributed by atoms with Crippen LogP contribution in [0.1, 0.15) is 42.4 Å². The average Bonchev–Trinajstić information content (AvgIpc) is 2.52. The number of hydrogen-bond acceptors (Lipinski definition) is 3. The van der Waals surface area contributed by atoms with E-state index in [2.05, 4.69) is 49.3 Å². The number of benzene rings is 1. The number of hydrogen-bond donors (Lipinski definition) is 1. The Morgan fingerprint density at radius 1 is 1.17 bits per heavy atom. The minimum atomic E-state index is -0.0499. The summed E-state index contributed by atoms with van der Waals surface area (Å²) in [5, 5.41) is 3.38. The summed E-state index contributed by atoms with van der Waals surface area (Å²) in [5.41, 5.74) is 3.95. The SMILES string of the molecule is CC(C)(C)Nc1ccnc(C(=O)N2CCc3ccccc3C2)c1. The predicted octanol–water partition coefficient (Wildman–Crippen LogP) is 3.49. The van der Waals surface area contributed by atoms with E-state index in [0.717, 1.165) is 18.7 Å². The number of amides is 1. The Kier molecular flexibility index (Phi) is 4.07. The molecule has 1 N–H and O–H groups in total. The van der Waals surface area contributed by atoms with Crippen LogP contribution >= 0.6 is 0 Å². The second-order valence-corrected chi connectivity index (χ2v) is 7.05. The maximum Gasteiger partial charge on any atom is 0.272 e. The van der Waals surface area contributed by atoms with Crippen molar-refractivity contribution in [2.24, 2.45) is 0 Å². The molecule has 0 radical (unpaired) electrons. The molecule has 2 aromatic rings. The van der Waals surface area contributed by atoms with Crippen LogP contribution in [0.25, 0.3) is 0 Å². The highest BCUT2D eigenvalue weighted by molar-refractivity contribution is 5.93. The van der Waals surface area contributed by atoms with Crippen LogP contribution < -0.4 is 5.32 Å². The first-order chi connectivity index (χ1) is 10.9. The minimum absolute atomic E-state index is 0.00272. The second kappa shape index (κ2) is 6.03. The quantitative estimate of drug-likeness (QED) is 0.923. The summed E-state index contributed by atoms with van der Waals surface area (Å²) in [4.78, 5) is 18.9. The lowest BCUT2D eigenvalue weighted by Gasteiger charge is -2.29. The van der Waals surface area contributed by atoms with Crippen LogP contribution in [0.3, 0.4) is 0 Å². The molecule has 4 heteroatoms. The molecule has 1 aromatic heterocycles. The van der Waals surface area contributed by atoms with E-state index in [4.69, 9.17) is 0 Å². The van der Waals surface area contributed by atoms with E-state index in [-0.39, 0.29) is 11.4 Å². The van der Waals surface area contributed by atoms with E-state index >= 15 is 0 Å². The lowest BCUT2D eigenvalue weighted by molar-refractivity contribution is 0.0729. The lowest BCUT2D eigenvalue weighted by Crippen LogP contribution is -2.36. The number of fused-ring (bicyclic) bond motifs is 1. The van der Waals surface area contributed by atoms with Gasteiger partial charge in [0.1, 0.15) is 5.69 Å². The molecule has 2 heterocycles. The fraction of sp³-hybridized carbons (Fsp3) is 0.368. The van der Waals surface area contributed by atoms with Crippen molar-refractivity contribution in [3.63, 3.8) is 0 Å². The van der Waals surface area contributed by atoms with E-state index < -0.39 is 0 Å². The van der Waals surface area contributed by atoms with Gasteiger partial charge in [-0.2, -0.15) is 0 Å². The summed E-state index contributed by atoms with van der Waals surface area (Å²) in [5.74, 6) is -0.00272. The van der Waals surface area contributed by atoms with E-state index in [1.165, 1.54) is 11.1 Å². The third-order valence-corrected chi connectivity index (χ3v) is 3.92. The van der Waals surface area contributed by atoms with E-state index in [0.29, 0.717) is 12.2 Å². The highest BCUT2D eigenvalue weighted by atomic mass is 16.2. The number of anilines is 1. The number of nitrogens with one attached hydrogen (secondary N) is 1. The molecule has 1 aliphatic heterocycles. The molecule has 3 rings (SSSR count). The maximum atomic E-state index is 12.8. The Bertz CT molecular complexity index is 719. The second-order valence-electron chi connectivity index (χ2n) is 7.05. The van der Waals surface area contributed by atoms with Crippen molar-refractivity contribution < 1.29 is 4.79 Å². The zero-order valence-electron chi connectivity index (χ0n) is 14.0. The predicted molar refractivity (Wildman–Crippen MR) is 92.5 cm³/mol. The molecule has 0 aliphatic carbocycles. The van der Waals surface area contributed by atoms with Gasteiger partial charge in [-0.15, -0.1) is 0 Å². The molecule has 0 saturated heterocycles. The summed E-state index contributed by atoms with van der Waals surface area (Å²) in [6.45, 7) is 7.69. The monoisotopic (exact) mass is 309 g/mol.